The Labute approximate surface area is 205 Å². The molecule has 1 aromatic carbocycles. The number of hydrogen-bond donors (Lipinski definition) is 0. The second-order valence-corrected chi connectivity index (χ2v) is 13.0. The predicted octanol–water partition coefficient (Wildman–Crippen LogP) is 7.28. The van der Waals surface area contributed by atoms with Gasteiger partial charge in [0.15, 0.2) is 0 Å². The highest BCUT2D eigenvalue weighted by Gasteiger charge is 2.21. The molecule has 0 aliphatic rings. The molecule has 172 valence electrons. The Morgan fingerprint density at radius 3 is 0.909 bits per heavy atom. The van der Waals surface area contributed by atoms with E-state index in [1.165, 1.54) is 11.7 Å². The normalized spacial score (nSPS) is 11.9. The Hall–Kier alpha value is -2.72. The molecule has 0 N–H and O–H groups in total. The van der Waals surface area contributed by atoms with Gasteiger partial charge in [0.2, 0.25) is 0 Å². The summed E-state index contributed by atoms with van der Waals surface area (Å²) in [5.41, 5.74) is 4.05. The summed E-state index contributed by atoms with van der Waals surface area (Å²) in [7, 11) is 0. The molecule has 2 rings (SSSR count). The molecule has 1 aromatic heterocycles. The predicted molar refractivity (Wildman–Crippen MR) is 143 cm³/mol. The average molecular weight is 457 g/mol. The summed E-state index contributed by atoms with van der Waals surface area (Å²) in [6.45, 7) is 25.2. The molecule has 0 amide bonds. The van der Waals surface area contributed by atoms with Crippen molar-refractivity contribution in [1.82, 2.24) is 8.75 Å². The van der Waals surface area contributed by atoms with Crippen molar-refractivity contribution in [1.29, 1.82) is 0 Å². The van der Waals surface area contributed by atoms with Crippen LogP contribution >= 0.6 is 11.7 Å². The summed E-state index contributed by atoms with van der Waals surface area (Å²) >= 11 is 1.18. The number of nitrogens with zero attached hydrogens (tertiary/aromatic N) is 2. The van der Waals surface area contributed by atoms with E-state index in [0.29, 0.717) is 0 Å². The fourth-order valence-corrected chi connectivity index (χ4v) is 3.06. The minimum absolute atomic E-state index is 0.160. The van der Waals surface area contributed by atoms with Crippen molar-refractivity contribution in [2.45, 2.75) is 83.1 Å². The molecule has 0 spiro atoms. The Morgan fingerprint density at radius 2 is 0.667 bits per heavy atom. The topological polar surface area (TPSA) is 25.8 Å². The van der Waals surface area contributed by atoms with Gasteiger partial charge in [0.1, 0.15) is 11.0 Å². The van der Waals surface area contributed by atoms with E-state index < -0.39 is 0 Å². The third kappa shape index (κ3) is 8.29. The standard InChI is InChI=1S/C30H36N2S/c1-27(2,3)17-13-21-22(14-18-28(4,5)6)24(16-20-30(10,11)12)26-25(31-33-32-26)23(21)15-19-29(7,8)9/h1-12H3. The highest BCUT2D eigenvalue weighted by atomic mass is 32.1. The van der Waals surface area contributed by atoms with Gasteiger partial charge < -0.3 is 0 Å². The first-order valence-corrected chi connectivity index (χ1v) is 12.0. The molecule has 2 aromatic rings. The molecule has 33 heavy (non-hydrogen) atoms. The van der Waals surface area contributed by atoms with E-state index in [9.17, 15) is 0 Å². The largest absolute Gasteiger partial charge is 0.172 e. The molecule has 0 saturated carbocycles. The third-order valence-electron chi connectivity index (χ3n) is 3.96. The van der Waals surface area contributed by atoms with Crippen LogP contribution < -0.4 is 0 Å². The zero-order valence-electron chi connectivity index (χ0n) is 22.3. The van der Waals surface area contributed by atoms with Gasteiger partial charge in [-0.2, -0.15) is 8.75 Å². The molecular formula is C30H36N2S. The maximum atomic E-state index is 4.62. The van der Waals surface area contributed by atoms with E-state index >= 15 is 0 Å². The van der Waals surface area contributed by atoms with Crippen LogP contribution in [0.5, 0.6) is 0 Å². The van der Waals surface area contributed by atoms with Crippen LogP contribution in [0.3, 0.4) is 0 Å². The lowest BCUT2D eigenvalue weighted by molar-refractivity contribution is 0.570. The summed E-state index contributed by atoms with van der Waals surface area (Å²) < 4.78 is 9.25. The first kappa shape index (κ1) is 26.5. The minimum atomic E-state index is -0.171. The second-order valence-electron chi connectivity index (χ2n) is 12.5. The van der Waals surface area contributed by atoms with E-state index in [0.717, 1.165) is 33.3 Å². The van der Waals surface area contributed by atoms with Crippen LogP contribution in [0.4, 0.5) is 0 Å². The highest BCUT2D eigenvalue weighted by Crippen LogP contribution is 2.30. The summed E-state index contributed by atoms with van der Waals surface area (Å²) in [4.78, 5) is 0. The van der Waals surface area contributed by atoms with Crippen LogP contribution in [0.1, 0.15) is 105 Å². The molecule has 0 bridgehead atoms. The molecule has 0 aliphatic carbocycles. The zero-order valence-corrected chi connectivity index (χ0v) is 23.1. The molecule has 0 unspecified atom stereocenters. The van der Waals surface area contributed by atoms with E-state index in [1.807, 2.05) is 0 Å². The summed E-state index contributed by atoms with van der Waals surface area (Å²) in [6.07, 6.45) is 0. The Kier molecular flexibility index (Phi) is 7.45. The van der Waals surface area contributed by atoms with Crippen molar-refractivity contribution in [3.05, 3.63) is 22.3 Å². The Balaban J connectivity index is 3.16. The minimum Gasteiger partial charge on any atom is -0.172 e. The molecule has 0 radical (unpaired) electrons. The first-order chi connectivity index (χ1) is 14.9. The lowest BCUT2D eigenvalue weighted by Gasteiger charge is -2.13. The molecule has 0 aliphatic heterocycles. The van der Waals surface area contributed by atoms with Crippen molar-refractivity contribution in [3.8, 4) is 47.4 Å². The van der Waals surface area contributed by atoms with Gasteiger partial charge in [-0.15, -0.1) is 0 Å². The van der Waals surface area contributed by atoms with Gasteiger partial charge in [-0.25, -0.2) is 0 Å². The molecule has 3 heteroatoms. The smallest absolute Gasteiger partial charge is 0.123 e. The van der Waals surface area contributed by atoms with Crippen molar-refractivity contribution < 1.29 is 0 Å². The maximum absolute atomic E-state index is 4.62. The Morgan fingerprint density at radius 1 is 0.424 bits per heavy atom. The van der Waals surface area contributed by atoms with Gasteiger partial charge in [0.25, 0.3) is 0 Å². The maximum Gasteiger partial charge on any atom is 0.123 e. The SMILES string of the molecule is CC(C)(C)C#Cc1c(C#CC(C)(C)C)c(C#CC(C)(C)C)c2nsnc2c1C#CC(C)(C)C. The highest BCUT2D eigenvalue weighted by molar-refractivity contribution is 7.00. The van der Waals surface area contributed by atoms with E-state index in [-0.39, 0.29) is 21.7 Å². The number of rotatable bonds is 0. The fraction of sp³-hybridized carbons (Fsp3) is 0.533. The summed E-state index contributed by atoms with van der Waals surface area (Å²) in [5.74, 6) is 27.2. The van der Waals surface area contributed by atoms with Gasteiger partial charge >= 0.3 is 0 Å². The van der Waals surface area contributed by atoms with Crippen LogP contribution in [0.15, 0.2) is 0 Å². The number of fused-ring (bicyclic) bond motifs is 1. The quantitative estimate of drug-likeness (QED) is 0.389. The molecule has 0 atom stereocenters. The second kappa shape index (κ2) is 9.26. The van der Waals surface area contributed by atoms with Gasteiger partial charge in [0.05, 0.1) is 34.0 Å². The third-order valence-corrected chi connectivity index (χ3v) is 4.49. The van der Waals surface area contributed by atoms with Crippen LogP contribution in [-0.4, -0.2) is 8.75 Å². The number of benzene rings is 1. The van der Waals surface area contributed by atoms with Gasteiger partial charge in [0, 0.05) is 21.7 Å². The number of hydrogen-bond acceptors (Lipinski definition) is 3. The molecule has 0 saturated heterocycles. The van der Waals surface area contributed by atoms with E-state index in [4.69, 9.17) is 0 Å². The van der Waals surface area contributed by atoms with Crippen LogP contribution in [-0.2, 0) is 0 Å². The average Bonchev–Trinajstić information content (AvgIpc) is 3.07. The number of aromatic nitrogens is 2. The molecular weight excluding hydrogens is 420 g/mol. The zero-order chi connectivity index (χ0) is 25.2. The van der Waals surface area contributed by atoms with Crippen molar-refractivity contribution in [3.63, 3.8) is 0 Å². The molecule has 0 fully saturated rings. The van der Waals surface area contributed by atoms with Gasteiger partial charge in [-0.05, 0) is 83.1 Å². The van der Waals surface area contributed by atoms with Crippen LogP contribution in [0, 0.1) is 69.0 Å². The molecule has 2 nitrogen and oxygen atoms in total. The van der Waals surface area contributed by atoms with Crippen LogP contribution in [0.2, 0.25) is 0 Å². The fourth-order valence-electron chi connectivity index (χ4n) is 2.50. The summed E-state index contributed by atoms with van der Waals surface area (Å²) in [5, 5.41) is 0. The lowest BCUT2D eigenvalue weighted by Crippen LogP contribution is -2.05. The van der Waals surface area contributed by atoms with Gasteiger partial charge in [-0.1, -0.05) is 47.4 Å². The van der Waals surface area contributed by atoms with Crippen molar-refractivity contribution >= 4 is 22.8 Å². The van der Waals surface area contributed by atoms with Gasteiger partial charge in [-0.3, -0.25) is 0 Å². The lowest BCUT2D eigenvalue weighted by atomic mass is 9.89. The van der Waals surface area contributed by atoms with Crippen LogP contribution in [0.25, 0.3) is 11.0 Å². The van der Waals surface area contributed by atoms with Crippen molar-refractivity contribution in [2.75, 3.05) is 0 Å². The van der Waals surface area contributed by atoms with E-state index in [2.05, 4.69) is 139 Å². The Bertz CT molecular complexity index is 1190. The van der Waals surface area contributed by atoms with E-state index in [1.54, 1.807) is 0 Å². The first-order valence-electron chi connectivity index (χ1n) is 11.3. The van der Waals surface area contributed by atoms with Crippen molar-refractivity contribution in [2.24, 2.45) is 21.7 Å². The monoisotopic (exact) mass is 456 g/mol. The summed E-state index contributed by atoms with van der Waals surface area (Å²) in [6, 6.07) is 0. The molecule has 1 heterocycles.